The number of ketones is 1. The van der Waals surface area contributed by atoms with E-state index < -0.39 is 14.7 Å². The lowest BCUT2D eigenvalue weighted by atomic mass is 10.3. The predicted octanol–water partition coefficient (Wildman–Crippen LogP) is 1.64. The maximum Gasteiger partial charge on any atom is 0.335 e. The molecule has 0 amide bonds. The van der Waals surface area contributed by atoms with Crippen molar-refractivity contribution in [3.8, 4) is 0 Å². The van der Waals surface area contributed by atoms with Crippen molar-refractivity contribution in [2.24, 2.45) is 0 Å². The third-order valence-electron chi connectivity index (χ3n) is 2.27. The van der Waals surface area contributed by atoms with Crippen LogP contribution in [0, 0.1) is 0 Å². The first-order valence-electron chi connectivity index (χ1n) is 5.58. The quantitative estimate of drug-likeness (QED) is 0.496. The van der Waals surface area contributed by atoms with Crippen LogP contribution in [0.2, 0.25) is 12.6 Å². The Morgan fingerprint density at radius 1 is 1.62 bits per heavy atom. The van der Waals surface area contributed by atoms with Crippen LogP contribution in [-0.2, 0) is 13.6 Å². The summed E-state index contributed by atoms with van der Waals surface area (Å²) in [4.78, 5) is 11.3. The third-order valence-corrected chi connectivity index (χ3v) is 5.28. The number of hydrogen-bond donors (Lipinski definition) is 1. The molecule has 2 atom stereocenters. The van der Waals surface area contributed by atoms with Gasteiger partial charge in [0.15, 0.2) is 5.78 Å². The Hall–Kier alpha value is -0.493. The molecule has 0 fully saturated rings. The zero-order valence-corrected chi connectivity index (χ0v) is 11.4. The van der Waals surface area contributed by atoms with E-state index in [1.165, 1.54) is 6.08 Å². The average Bonchev–Trinajstić information content (AvgIpc) is 2.25. The van der Waals surface area contributed by atoms with Crippen LogP contribution in [0.3, 0.4) is 0 Å². The van der Waals surface area contributed by atoms with Crippen LogP contribution >= 0.6 is 0 Å². The first-order valence-corrected chi connectivity index (χ1v) is 8.10. The standard InChI is InChI=1S/C11H22O4Si/c1-5-11(13)10(3)15-16(4,14-6-2)9-7-8-12/h5,10,12H,1,6-9H2,2-4H3. The molecule has 94 valence electrons. The Labute approximate surface area is 98.5 Å². The van der Waals surface area contributed by atoms with Crippen molar-refractivity contribution < 1.29 is 18.8 Å². The fourth-order valence-electron chi connectivity index (χ4n) is 1.47. The van der Waals surface area contributed by atoms with Crippen LogP contribution in [0.4, 0.5) is 0 Å². The number of aliphatic hydroxyl groups is 1. The zero-order valence-electron chi connectivity index (χ0n) is 10.4. The molecule has 0 aromatic heterocycles. The summed E-state index contributed by atoms with van der Waals surface area (Å²) in [6, 6.07) is 0.687. The molecule has 0 radical (unpaired) electrons. The highest BCUT2D eigenvalue weighted by atomic mass is 28.4. The van der Waals surface area contributed by atoms with Crippen molar-refractivity contribution in [3.63, 3.8) is 0 Å². The van der Waals surface area contributed by atoms with E-state index in [4.69, 9.17) is 14.0 Å². The van der Waals surface area contributed by atoms with Crippen molar-refractivity contribution in [2.75, 3.05) is 13.2 Å². The molecule has 0 aliphatic heterocycles. The summed E-state index contributed by atoms with van der Waals surface area (Å²) in [5, 5.41) is 8.82. The molecule has 0 aromatic carbocycles. The molecule has 5 heteroatoms. The molecule has 0 saturated heterocycles. The van der Waals surface area contributed by atoms with Crippen LogP contribution in [0.1, 0.15) is 20.3 Å². The minimum atomic E-state index is -2.34. The van der Waals surface area contributed by atoms with Crippen LogP contribution < -0.4 is 0 Å². The van der Waals surface area contributed by atoms with Crippen molar-refractivity contribution in [1.29, 1.82) is 0 Å². The van der Waals surface area contributed by atoms with Gasteiger partial charge in [0.1, 0.15) is 6.10 Å². The zero-order chi connectivity index (χ0) is 12.6. The highest BCUT2D eigenvalue weighted by molar-refractivity contribution is 6.66. The van der Waals surface area contributed by atoms with Gasteiger partial charge in [0, 0.05) is 13.2 Å². The summed E-state index contributed by atoms with van der Waals surface area (Å²) in [7, 11) is -2.34. The normalized spacial score (nSPS) is 16.5. The van der Waals surface area contributed by atoms with Gasteiger partial charge in [-0.05, 0) is 38.9 Å². The first kappa shape index (κ1) is 15.5. The lowest BCUT2D eigenvalue weighted by molar-refractivity contribution is -0.121. The third kappa shape index (κ3) is 5.55. The molecular weight excluding hydrogens is 224 g/mol. The molecule has 0 heterocycles. The van der Waals surface area contributed by atoms with Gasteiger partial charge in [-0.15, -0.1) is 0 Å². The van der Waals surface area contributed by atoms with Gasteiger partial charge in [-0.2, -0.15) is 0 Å². The lowest BCUT2D eigenvalue weighted by Crippen LogP contribution is -2.43. The second-order valence-electron chi connectivity index (χ2n) is 3.76. The molecule has 0 aromatic rings. The van der Waals surface area contributed by atoms with Crippen LogP contribution in [0.5, 0.6) is 0 Å². The van der Waals surface area contributed by atoms with Gasteiger partial charge in [0.25, 0.3) is 0 Å². The number of aliphatic hydroxyl groups excluding tert-OH is 1. The van der Waals surface area contributed by atoms with Gasteiger partial charge >= 0.3 is 8.56 Å². The topological polar surface area (TPSA) is 55.8 Å². The van der Waals surface area contributed by atoms with E-state index in [0.29, 0.717) is 19.1 Å². The van der Waals surface area contributed by atoms with E-state index in [9.17, 15) is 4.79 Å². The van der Waals surface area contributed by atoms with E-state index in [2.05, 4.69) is 6.58 Å². The summed E-state index contributed by atoms with van der Waals surface area (Å²) in [5.74, 6) is -0.137. The smallest absolute Gasteiger partial charge is 0.335 e. The molecule has 0 rings (SSSR count). The minimum Gasteiger partial charge on any atom is -0.396 e. The molecule has 0 spiro atoms. The molecule has 0 bridgehead atoms. The molecule has 1 N–H and O–H groups in total. The molecule has 0 aliphatic rings. The number of rotatable bonds is 9. The highest BCUT2D eigenvalue weighted by Gasteiger charge is 2.33. The average molecular weight is 246 g/mol. The Balaban J connectivity index is 4.40. The second kappa shape index (κ2) is 7.73. The monoisotopic (exact) mass is 246 g/mol. The van der Waals surface area contributed by atoms with Gasteiger partial charge in [-0.1, -0.05) is 6.58 Å². The van der Waals surface area contributed by atoms with Crippen molar-refractivity contribution >= 4 is 14.3 Å². The largest absolute Gasteiger partial charge is 0.396 e. The Bertz CT molecular complexity index is 232. The van der Waals surface area contributed by atoms with Gasteiger partial charge in [0.2, 0.25) is 0 Å². The fraction of sp³-hybridized carbons (Fsp3) is 0.727. The van der Waals surface area contributed by atoms with Crippen LogP contribution in [0.15, 0.2) is 12.7 Å². The second-order valence-corrected chi connectivity index (χ2v) is 7.05. The van der Waals surface area contributed by atoms with Gasteiger partial charge in [-0.25, -0.2) is 0 Å². The van der Waals surface area contributed by atoms with Crippen molar-refractivity contribution in [3.05, 3.63) is 12.7 Å². The Morgan fingerprint density at radius 3 is 2.69 bits per heavy atom. The molecule has 0 saturated carbocycles. The summed E-state index contributed by atoms with van der Waals surface area (Å²) in [5.41, 5.74) is 0. The van der Waals surface area contributed by atoms with E-state index in [1.54, 1.807) is 6.92 Å². The van der Waals surface area contributed by atoms with Gasteiger partial charge in [0.05, 0.1) is 0 Å². The Kier molecular flexibility index (Phi) is 7.49. The minimum absolute atomic E-state index is 0.114. The Morgan fingerprint density at radius 2 is 2.25 bits per heavy atom. The predicted molar refractivity (Wildman–Crippen MR) is 65.5 cm³/mol. The van der Waals surface area contributed by atoms with Crippen LogP contribution in [-0.4, -0.2) is 38.8 Å². The summed E-state index contributed by atoms with van der Waals surface area (Å²) >= 11 is 0. The first-order chi connectivity index (χ1) is 7.49. The van der Waals surface area contributed by atoms with E-state index in [1.807, 2.05) is 13.5 Å². The van der Waals surface area contributed by atoms with Gasteiger partial charge < -0.3 is 14.0 Å². The number of carbonyl (C=O) groups is 1. The number of hydrogen-bond acceptors (Lipinski definition) is 4. The summed E-state index contributed by atoms with van der Waals surface area (Å²) < 4.78 is 11.3. The number of carbonyl (C=O) groups excluding carboxylic acids is 1. The summed E-state index contributed by atoms with van der Waals surface area (Å²) in [6.07, 6.45) is 1.38. The highest BCUT2D eigenvalue weighted by Crippen LogP contribution is 2.18. The molecule has 0 aliphatic carbocycles. The van der Waals surface area contributed by atoms with E-state index >= 15 is 0 Å². The SMILES string of the molecule is C=CC(=O)C(C)O[Si](C)(CCCO)OCC. The molecule has 2 unspecified atom stereocenters. The molecular formula is C11H22O4Si. The molecule has 16 heavy (non-hydrogen) atoms. The maximum atomic E-state index is 11.3. The van der Waals surface area contributed by atoms with E-state index in [0.717, 1.165) is 0 Å². The maximum absolute atomic E-state index is 11.3. The summed E-state index contributed by atoms with van der Waals surface area (Å²) in [6.45, 7) is 9.61. The van der Waals surface area contributed by atoms with Gasteiger partial charge in [-0.3, -0.25) is 4.79 Å². The molecule has 4 nitrogen and oxygen atoms in total. The van der Waals surface area contributed by atoms with Crippen molar-refractivity contribution in [1.82, 2.24) is 0 Å². The van der Waals surface area contributed by atoms with Crippen LogP contribution in [0.25, 0.3) is 0 Å². The lowest BCUT2D eigenvalue weighted by Gasteiger charge is -2.28. The van der Waals surface area contributed by atoms with Crippen molar-refractivity contribution in [2.45, 2.75) is 39.0 Å². The fourth-order valence-corrected chi connectivity index (χ4v) is 4.07. The van der Waals surface area contributed by atoms with E-state index in [-0.39, 0.29) is 12.4 Å².